The van der Waals surface area contributed by atoms with Gasteiger partial charge in [0.1, 0.15) is 23.4 Å². The van der Waals surface area contributed by atoms with Crippen LogP contribution in [-0.4, -0.2) is 66.9 Å². The van der Waals surface area contributed by atoms with Gasteiger partial charge in [0.05, 0.1) is 25.3 Å². The van der Waals surface area contributed by atoms with Crippen LogP contribution < -0.4 is 21.1 Å². The first-order valence-corrected chi connectivity index (χ1v) is 13.0. The molecule has 1 aliphatic rings. The predicted molar refractivity (Wildman–Crippen MR) is 137 cm³/mol. The molecular formula is C25H30F3N5O5S. The van der Waals surface area contributed by atoms with Crippen molar-refractivity contribution in [1.82, 2.24) is 15.5 Å². The van der Waals surface area contributed by atoms with E-state index in [1.807, 2.05) is 0 Å². The van der Waals surface area contributed by atoms with Gasteiger partial charge in [-0.3, -0.25) is 19.8 Å². The lowest BCUT2D eigenvalue weighted by atomic mass is 10.1. The minimum absolute atomic E-state index is 0.0517. The third kappa shape index (κ3) is 8.96. The Labute approximate surface area is 227 Å². The number of halogens is 3. The molecule has 0 bridgehead atoms. The first-order chi connectivity index (χ1) is 18.5. The Hall–Kier alpha value is -3.65. The van der Waals surface area contributed by atoms with Gasteiger partial charge in [-0.05, 0) is 43.7 Å². The molecular weight excluding hydrogens is 539 g/mol. The lowest BCUT2D eigenvalue weighted by Crippen LogP contribution is -2.49. The van der Waals surface area contributed by atoms with Gasteiger partial charge in [-0.15, -0.1) is 11.3 Å². The fourth-order valence-corrected chi connectivity index (χ4v) is 4.90. The molecule has 5 N–H and O–H groups in total. The number of nitrogens with one attached hydrogen (secondary N) is 3. The number of carbonyl (C=O) groups is 3. The summed E-state index contributed by atoms with van der Waals surface area (Å²) in [6.07, 6.45) is -0.796. The Morgan fingerprint density at radius 3 is 2.62 bits per heavy atom. The Bertz CT molecular complexity index is 1160. The van der Waals surface area contributed by atoms with E-state index in [2.05, 4.69) is 15.4 Å². The summed E-state index contributed by atoms with van der Waals surface area (Å²) in [5.74, 6) is -1.65. The molecule has 1 aromatic heterocycles. The normalized spacial score (nSPS) is 17.6. The van der Waals surface area contributed by atoms with Crippen LogP contribution in [0.2, 0.25) is 0 Å². The standard InChI is InChI=1S/C25H30F3N5O5S/c1-14(20-9-15(13-39-20)23(29)30)32-24(36)19-10-18(38-25(27)28)12-33(19)22(35)11-31-21(34)3-2-8-37-17-6-4-16(26)5-7-17/h4-7,9,13-14,18-19,25H,2-3,8,10-12H2,1H3,(H3,29,30)(H,31,34)(H,32,36)/t14-,18-,19+/m1/s1. The number of nitrogens with two attached hydrogens (primary N) is 1. The van der Waals surface area contributed by atoms with Gasteiger partial charge in [0.2, 0.25) is 17.7 Å². The molecule has 3 atom stereocenters. The molecule has 1 aromatic carbocycles. The number of thiophene rings is 1. The zero-order chi connectivity index (χ0) is 28.5. The maximum Gasteiger partial charge on any atom is 0.345 e. The molecule has 0 radical (unpaired) electrons. The van der Waals surface area contributed by atoms with Crippen LogP contribution in [0.3, 0.4) is 0 Å². The highest BCUT2D eigenvalue weighted by atomic mass is 32.1. The van der Waals surface area contributed by atoms with Gasteiger partial charge in [0.25, 0.3) is 0 Å². The summed E-state index contributed by atoms with van der Waals surface area (Å²) in [6, 6.07) is 5.54. The van der Waals surface area contributed by atoms with E-state index in [1.54, 1.807) is 18.4 Å². The van der Waals surface area contributed by atoms with E-state index in [9.17, 15) is 27.6 Å². The van der Waals surface area contributed by atoms with Gasteiger partial charge < -0.3 is 30.7 Å². The summed E-state index contributed by atoms with van der Waals surface area (Å²) in [5, 5.41) is 14.4. The summed E-state index contributed by atoms with van der Waals surface area (Å²) < 4.78 is 48.6. The molecule has 0 saturated carbocycles. The van der Waals surface area contributed by atoms with Gasteiger partial charge in [-0.2, -0.15) is 8.78 Å². The summed E-state index contributed by atoms with van der Waals surface area (Å²) in [6.45, 7) is -1.82. The van der Waals surface area contributed by atoms with Crippen molar-refractivity contribution in [3.63, 3.8) is 0 Å². The lowest BCUT2D eigenvalue weighted by Gasteiger charge is -2.25. The third-order valence-electron chi connectivity index (χ3n) is 5.96. The Morgan fingerprint density at radius 1 is 1.26 bits per heavy atom. The largest absolute Gasteiger partial charge is 0.494 e. The number of amides is 3. The van der Waals surface area contributed by atoms with Crippen molar-refractivity contribution in [1.29, 1.82) is 5.41 Å². The van der Waals surface area contributed by atoms with Crippen molar-refractivity contribution in [2.75, 3.05) is 19.7 Å². The lowest BCUT2D eigenvalue weighted by molar-refractivity contribution is -0.160. The molecule has 14 heteroatoms. The van der Waals surface area contributed by atoms with Gasteiger partial charge >= 0.3 is 6.61 Å². The highest BCUT2D eigenvalue weighted by molar-refractivity contribution is 7.10. The zero-order valence-electron chi connectivity index (χ0n) is 21.1. The molecule has 0 unspecified atom stereocenters. The van der Waals surface area contributed by atoms with E-state index in [1.165, 1.54) is 35.6 Å². The van der Waals surface area contributed by atoms with Crippen LogP contribution >= 0.6 is 11.3 Å². The number of ether oxygens (including phenoxy) is 2. The molecule has 0 spiro atoms. The number of likely N-dealkylation sites (tertiary alicyclic amines) is 1. The minimum atomic E-state index is -3.07. The summed E-state index contributed by atoms with van der Waals surface area (Å²) in [4.78, 5) is 39.9. The number of rotatable bonds is 13. The molecule has 0 aliphatic carbocycles. The molecule has 2 heterocycles. The SMILES string of the molecule is C[C@@H](NC(=O)[C@@H]1C[C@@H](OC(F)F)CN1C(=O)CNC(=O)CCCOc1ccc(F)cc1)c1cc(C(=N)N)cs1. The van der Waals surface area contributed by atoms with E-state index in [0.29, 0.717) is 17.7 Å². The van der Waals surface area contributed by atoms with E-state index in [-0.39, 0.29) is 31.8 Å². The third-order valence-corrected chi connectivity index (χ3v) is 7.08. The maximum atomic E-state index is 13.0. The van der Waals surface area contributed by atoms with Crippen molar-refractivity contribution in [3.8, 4) is 5.75 Å². The second-order valence-corrected chi connectivity index (χ2v) is 9.82. The smallest absolute Gasteiger partial charge is 0.345 e. The predicted octanol–water partition coefficient (Wildman–Crippen LogP) is 2.53. The number of hydrogen-bond donors (Lipinski definition) is 4. The second kappa shape index (κ2) is 13.9. The number of alkyl halides is 2. The second-order valence-electron chi connectivity index (χ2n) is 8.88. The molecule has 1 fully saturated rings. The Balaban J connectivity index is 1.51. The van der Waals surface area contributed by atoms with Crippen molar-refractivity contribution < 1.29 is 37.0 Å². The number of hydrogen-bond acceptors (Lipinski definition) is 7. The van der Waals surface area contributed by atoms with Gasteiger partial charge in [0.15, 0.2) is 0 Å². The topological polar surface area (TPSA) is 147 Å². The number of nitrogen functional groups attached to an aromatic ring is 1. The molecule has 3 rings (SSSR count). The number of carbonyl (C=O) groups excluding carboxylic acids is 3. The van der Waals surface area contributed by atoms with Crippen LogP contribution in [0.25, 0.3) is 0 Å². The maximum absolute atomic E-state index is 13.0. The molecule has 212 valence electrons. The fraction of sp³-hybridized carbons (Fsp3) is 0.440. The van der Waals surface area contributed by atoms with E-state index in [4.69, 9.17) is 15.9 Å². The van der Waals surface area contributed by atoms with E-state index < -0.39 is 54.9 Å². The Kier molecular flexibility index (Phi) is 10.7. The van der Waals surface area contributed by atoms with Crippen LogP contribution in [-0.2, 0) is 19.1 Å². The van der Waals surface area contributed by atoms with Crippen LogP contribution in [0, 0.1) is 11.2 Å². The molecule has 39 heavy (non-hydrogen) atoms. The number of amidine groups is 1. The van der Waals surface area contributed by atoms with Crippen molar-refractivity contribution in [2.45, 2.75) is 51.0 Å². The van der Waals surface area contributed by atoms with Crippen molar-refractivity contribution >= 4 is 34.9 Å². The van der Waals surface area contributed by atoms with Gasteiger partial charge in [0, 0.05) is 35.2 Å². The first kappa shape index (κ1) is 29.9. The fourth-order valence-electron chi connectivity index (χ4n) is 3.99. The summed E-state index contributed by atoms with van der Waals surface area (Å²) >= 11 is 1.29. The van der Waals surface area contributed by atoms with Crippen LogP contribution in [0.4, 0.5) is 13.2 Å². The van der Waals surface area contributed by atoms with Crippen LogP contribution in [0.15, 0.2) is 35.7 Å². The molecule has 10 nitrogen and oxygen atoms in total. The number of benzene rings is 1. The molecule has 1 aliphatic heterocycles. The molecule has 1 saturated heterocycles. The molecule has 3 amide bonds. The van der Waals surface area contributed by atoms with Crippen LogP contribution in [0.5, 0.6) is 5.75 Å². The number of nitrogens with zero attached hydrogens (tertiary/aromatic N) is 1. The average molecular weight is 570 g/mol. The van der Waals surface area contributed by atoms with E-state index >= 15 is 0 Å². The minimum Gasteiger partial charge on any atom is -0.494 e. The summed E-state index contributed by atoms with van der Waals surface area (Å²) in [7, 11) is 0. The van der Waals surface area contributed by atoms with Crippen molar-refractivity contribution in [3.05, 3.63) is 52.0 Å². The highest BCUT2D eigenvalue weighted by Crippen LogP contribution is 2.26. The Morgan fingerprint density at radius 2 is 1.97 bits per heavy atom. The van der Waals surface area contributed by atoms with Crippen LogP contribution in [0.1, 0.15) is 42.7 Å². The highest BCUT2D eigenvalue weighted by Gasteiger charge is 2.41. The average Bonchev–Trinajstić information content (AvgIpc) is 3.54. The zero-order valence-corrected chi connectivity index (χ0v) is 21.9. The van der Waals surface area contributed by atoms with Gasteiger partial charge in [-0.1, -0.05) is 0 Å². The first-order valence-electron chi connectivity index (χ1n) is 12.1. The monoisotopic (exact) mass is 569 g/mol. The van der Waals surface area contributed by atoms with Crippen molar-refractivity contribution in [2.24, 2.45) is 5.73 Å². The van der Waals surface area contributed by atoms with Gasteiger partial charge in [-0.25, -0.2) is 4.39 Å². The molecule has 2 aromatic rings. The van der Waals surface area contributed by atoms with E-state index in [0.717, 1.165) is 9.78 Å². The summed E-state index contributed by atoms with van der Waals surface area (Å²) in [5.41, 5.74) is 5.99. The quantitative estimate of drug-likeness (QED) is 0.166.